The van der Waals surface area contributed by atoms with E-state index in [0.717, 1.165) is 25.8 Å². The molecule has 0 radical (unpaired) electrons. The lowest BCUT2D eigenvalue weighted by Gasteiger charge is -2.15. The predicted molar refractivity (Wildman–Crippen MR) is 90.0 cm³/mol. The fourth-order valence-corrected chi connectivity index (χ4v) is 3.68. The summed E-state index contributed by atoms with van der Waals surface area (Å²) in [4.78, 5) is 0. The summed E-state index contributed by atoms with van der Waals surface area (Å²) in [5, 5.41) is 3.39. The molecule has 0 aromatic heterocycles. The summed E-state index contributed by atoms with van der Waals surface area (Å²) in [6, 6.07) is 10.7. The normalized spacial score (nSPS) is 12.2. The van der Waals surface area contributed by atoms with Crippen LogP contribution in [0, 0.1) is 5.82 Å². The molecule has 0 aliphatic carbocycles. The van der Waals surface area contributed by atoms with Gasteiger partial charge in [-0.25, -0.2) is 4.39 Å². The Bertz CT molecular complexity index is 610. The van der Waals surface area contributed by atoms with Gasteiger partial charge >= 0.3 is 0 Å². The van der Waals surface area contributed by atoms with Gasteiger partial charge < -0.3 is 10.1 Å². The van der Waals surface area contributed by atoms with Gasteiger partial charge in [-0.3, -0.25) is 0 Å². The molecule has 0 aliphatic rings. The Morgan fingerprint density at radius 1 is 1.19 bits per heavy atom. The number of benzene rings is 2. The molecule has 0 amide bonds. The highest BCUT2D eigenvalue weighted by atomic mass is 79.9. The van der Waals surface area contributed by atoms with Crippen molar-refractivity contribution in [3.63, 3.8) is 0 Å². The van der Waals surface area contributed by atoms with Crippen LogP contribution in [0.5, 0.6) is 5.75 Å². The van der Waals surface area contributed by atoms with E-state index in [1.165, 1.54) is 6.07 Å². The van der Waals surface area contributed by atoms with E-state index >= 15 is 0 Å². The van der Waals surface area contributed by atoms with Gasteiger partial charge in [-0.1, -0.05) is 12.1 Å². The van der Waals surface area contributed by atoms with Crippen LogP contribution in [-0.4, -0.2) is 7.11 Å². The molecule has 0 bridgehead atoms. The lowest BCUT2D eigenvalue weighted by atomic mass is 10.1. The quantitative estimate of drug-likeness (QED) is 0.722. The van der Waals surface area contributed by atoms with E-state index in [1.807, 2.05) is 25.1 Å². The van der Waals surface area contributed by atoms with Crippen molar-refractivity contribution in [3.8, 4) is 5.75 Å². The summed E-state index contributed by atoms with van der Waals surface area (Å²) in [5.41, 5.74) is 2.04. The van der Waals surface area contributed by atoms with Gasteiger partial charge in [0.1, 0.15) is 11.6 Å². The minimum atomic E-state index is -0.212. The number of hydrogen-bond acceptors (Lipinski definition) is 2. The molecule has 1 unspecified atom stereocenters. The number of ether oxygens (including phenoxy) is 1. The highest BCUT2D eigenvalue weighted by molar-refractivity contribution is 9.11. The number of hydrogen-bond donors (Lipinski definition) is 1. The van der Waals surface area contributed by atoms with E-state index in [4.69, 9.17) is 4.74 Å². The molecule has 5 heteroatoms. The molecule has 1 atom stereocenters. The summed E-state index contributed by atoms with van der Waals surface area (Å²) in [6.45, 7) is 2.70. The Morgan fingerprint density at radius 2 is 1.86 bits per heavy atom. The van der Waals surface area contributed by atoms with Crippen LogP contribution in [0.15, 0.2) is 45.3 Å². The SMILES string of the molecule is COc1c(Br)cc(CNC(C)c2cccc(F)c2)cc1Br. The van der Waals surface area contributed by atoms with Crippen LogP contribution in [0.25, 0.3) is 0 Å². The van der Waals surface area contributed by atoms with Crippen molar-refractivity contribution in [2.24, 2.45) is 0 Å². The van der Waals surface area contributed by atoms with Crippen LogP contribution in [0.4, 0.5) is 4.39 Å². The van der Waals surface area contributed by atoms with Gasteiger partial charge in [0.15, 0.2) is 0 Å². The molecule has 21 heavy (non-hydrogen) atoms. The lowest BCUT2D eigenvalue weighted by molar-refractivity contribution is 0.409. The molecule has 1 N–H and O–H groups in total. The minimum Gasteiger partial charge on any atom is -0.494 e. The Labute approximate surface area is 141 Å². The second kappa shape index (κ2) is 7.38. The van der Waals surface area contributed by atoms with Gasteiger partial charge in [-0.15, -0.1) is 0 Å². The zero-order valence-electron chi connectivity index (χ0n) is 11.8. The maximum atomic E-state index is 13.2. The van der Waals surface area contributed by atoms with Gasteiger partial charge in [0, 0.05) is 12.6 Å². The molecule has 0 aliphatic heterocycles. The summed E-state index contributed by atoms with van der Waals surface area (Å²) < 4.78 is 20.3. The standard InChI is InChI=1S/C16H16Br2FNO/c1-10(12-4-3-5-13(19)8-12)20-9-11-6-14(17)16(21-2)15(18)7-11/h3-8,10,20H,9H2,1-2H3. The molecule has 0 fully saturated rings. The Hall–Kier alpha value is -0.910. The topological polar surface area (TPSA) is 21.3 Å². The third-order valence-corrected chi connectivity index (χ3v) is 4.40. The first-order valence-corrected chi connectivity index (χ1v) is 8.10. The van der Waals surface area contributed by atoms with Crippen molar-refractivity contribution in [1.29, 1.82) is 0 Å². The van der Waals surface area contributed by atoms with Crippen LogP contribution < -0.4 is 10.1 Å². The Balaban J connectivity index is 2.06. The maximum absolute atomic E-state index is 13.2. The molecule has 2 rings (SSSR count). The Morgan fingerprint density at radius 3 is 2.43 bits per heavy atom. The fourth-order valence-electron chi connectivity index (χ4n) is 2.07. The van der Waals surface area contributed by atoms with Crippen LogP contribution >= 0.6 is 31.9 Å². The molecule has 2 aromatic carbocycles. The highest BCUT2D eigenvalue weighted by Gasteiger charge is 2.10. The highest BCUT2D eigenvalue weighted by Crippen LogP contribution is 2.34. The summed E-state index contributed by atoms with van der Waals surface area (Å²) in [6.07, 6.45) is 0. The molecule has 0 saturated heterocycles. The second-order valence-corrected chi connectivity index (χ2v) is 6.46. The summed E-state index contributed by atoms with van der Waals surface area (Å²) >= 11 is 6.97. The van der Waals surface area contributed by atoms with E-state index in [-0.39, 0.29) is 11.9 Å². The van der Waals surface area contributed by atoms with Gasteiger partial charge in [0.2, 0.25) is 0 Å². The zero-order valence-corrected chi connectivity index (χ0v) is 15.0. The molecule has 2 aromatic rings. The average Bonchev–Trinajstić information content (AvgIpc) is 2.44. The molecule has 0 spiro atoms. The van der Waals surface area contributed by atoms with Crippen molar-refractivity contribution in [2.45, 2.75) is 19.5 Å². The Kier molecular flexibility index (Phi) is 5.79. The fraction of sp³-hybridized carbons (Fsp3) is 0.250. The van der Waals surface area contributed by atoms with Crippen molar-refractivity contribution in [2.75, 3.05) is 7.11 Å². The van der Waals surface area contributed by atoms with Gasteiger partial charge in [0.25, 0.3) is 0 Å². The minimum absolute atomic E-state index is 0.0698. The van der Waals surface area contributed by atoms with E-state index in [1.54, 1.807) is 19.2 Å². The van der Waals surface area contributed by atoms with Crippen LogP contribution in [0.2, 0.25) is 0 Å². The monoisotopic (exact) mass is 415 g/mol. The first-order valence-electron chi connectivity index (χ1n) is 6.52. The summed E-state index contributed by atoms with van der Waals surface area (Å²) in [7, 11) is 1.63. The zero-order chi connectivity index (χ0) is 15.4. The lowest BCUT2D eigenvalue weighted by Crippen LogP contribution is -2.18. The van der Waals surface area contributed by atoms with E-state index in [2.05, 4.69) is 37.2 Å². The molecule has 112 valence electrons. The molecular formula is C16H16Br2FNO. The first-order chi connectivity index (χ1) is 10.0. The van der Waals surface area contributed by atoms with Gasteiger partial charge in [-0.05, 0) is 74.2 Å². The third kappa shape index (κ3) is 4.28. The van der Waals surface area contributed by atoms with Crippen molar-refractivity contribution in [3.05, 3.63) is 62.3 Å². The molecule has 0 heterocycles. The second-order valence-electron chi connectivity index (χ2n) is 4.75. The smallest absolute Gasteiger partial charge is 0.147 e. The van der Waals surface area contributed by atoms with Crippen molar-refractivity contribution < 1.29 is 9.13 Å². The summed E-state index contributed by atoms with van der Waals surface area (Å²) in [5.74, 6) is 0.563. The van der Waals surface area contributed by atoms with Gasteiger partial charge in [0.05, 0.1) is 16.1 Å². The average molecular weight is 417 g/mol. The molecule has 2 nitrogen and oxygen atoms in total. The third-order valence-electron chi connectivity index (χ3n) is 3.22. The number of methoxy groups -OCH3 is 1. The van der Waals surface area contributed by atoms with Crippen molar-refractivity contribution >= 4 is 31.9 Å². The maximum Gasteiger partial charge on any atom is 0.147 e. The van der Waals surface area contributed by atoms with E-state index < -0.39 is 0 Å². The van der Waals surface area contributed by atoms with E-state index in [0.29, 0.717) is 6.54 Å². The predicted octanol–water partition coefficient (Wildman–Crippen LogP) is 5.21. The van der Waals surface area contributed by atoms with Crippen LogP contribution in [0.1, 0.15) is 24.1 Å². The van der Waals surface area contributed by atoms with E-state index in [9.17, 15) is 4.39 Å². The largest absolute Gasteiger partial charge is 0.494 e. The number of nitrogens with one attached hydrogen (secondary N) is 1. The number of rotatable bonds is 5. The van der Waals surface area contributed by atoms with Crippen molar-refractivity contribution in [1.82, 2.24) is 5.32 Å². The first kappa shape index (κ1) is 16.5. The van der Waals surface area contributed by atoms with Crippen LogP contribution in [-0.2, 0) is 6.54 Å². The molecule has 0 saturated carbocycles. The molecular weight excluding hydrogens is 401 g/mol. The number of halogens is 3. The van der Waals surface area contributed by atoms with Gasteiger partial charge in [-0.2, -0.15) is 0 Å². The van der Waals surface area contributed by atoms with Crippen LogP contribution in [0.3, 0.4) is 0 Å².